The Kier molecular flexibility index (Phi) is 3.41. The Balaban J connectivity index is 1.52. The van der Waals surface area contributed by atoms with Gasteiger partial charge in [-0.15, -0.1) is 11.8 Å². The van der Waals surface area contributed by atoms with Gasteiger partial charge in [0.2, 0.25) is 0 Å². The van der Waals surface area contributed by atoms with Gasteiger partial charge >= 0.3 is 0 Å². The van der Waals surface area contributed by atoms with Gasteiger partial charge in [-0.1, -0.05) is 18.2 Å². The summed E-state index contributed by atoms with van der Waals surface area (Å²) in [6.07, 6.45) is 4.94. The summed E-state index contributed by atoms with van der Waals surface area (Å²) in [6.45, 7) is 0.845. The molecule has 0 saturated heterocycles. The summed E-state index contributed by atoms with van der Waals surface area (Å²) in [5.74, 6) is 0. The lowest BCUT2D eigenvalue weighted by Crippen LogP contribution is -2.33. The van der Waals surface area contributed by atoms with Crippen molar-refractivity contribution in [1.82, 2.24) is 0 Å². The Labute approximate surface area is 107 Å². The second kappa shape index (κ2) is 5.01. The van der Waals surface area contributed by atoms with Crippen LogP contribution >= 0.6 is 11.8 Å². The molecule has 2 N–H and O–H groups in total. The first kappa shape index (κ1) is 11.6. The summed E-state index contributed by atoms with van der Waals surface area (Å²) in [6, 6.07) is 8.94. The average molecular weight is 249 g/mol. The molecule has 17 heavy (non-hydrogen) atoms. The zero-order chi connectivity index (χ0) is 11.7. The van der Waals surface area contributed by atoms with E-state index < -0.39 is 0 Å². The molecule has 1 fully saturated rings. The predicted molar refractivity (Wildman–Crippen MR) is 71.4 cm³/mol. The lowest BCUT2D eigenvalue weighted by atomic mass is 10.1. The van der Waals surface area contributed by atoms with Crippen molar-refractivity contribution in [2.45, 2.75) is 48.0 Å². The van der Waals surface area contributed by atoms with Gasteiger partial charge in [0.1, 0.15) is 0 Å². The highest BCUT2D eigenvalue weighted by atomic mass is 32.2. The van der Waals surface area contributed by atoms with E-state index in [9.17, 15) is 0 Å². The highest BCUT2D eigenvalue weighted by Gasteiger charge is 2.27. The number of nitrogens with two attached hydrogens (primary N) is 1. The van der Waals surface area contributed by atoms with E-state index in [1.165, 1.54) is 16.9 Å². The molecule has 1 aromatic rings. The Hall–Kier alpha value is -0.510. The zero-order valence-corrected chi connectivity index (χ0v) is 10.8. The summed E-state index contributed by atoms with van der Waals surface area (Å²) >= 11 is 1.95. The van der Waals surface area contributed by atoms with Crippen molar-refractivity contribution in [3.8, 4) is 0 Å². The van der Waals surface area contributed by atoms with Crippen molar-refractivity contribution < 1.29 is 4.74 Å². The van der Waals surface area contributed by atoms with E-state index in [-0.39, 0.29) is 6.04 Å². The number of fused-ring (bicyclic) bond motifs is 1. The van der Waals surface area contributed by atoms with Crippen LogP contribution in [-0.2, 0) is 11.2 Å². The van der Waals surface area contributed by atoms with Crippen LogP contribution in [0.5, 0.6) is 0 Å². The molecule has 1 aliphatic heterocycles. The van der Waals surface area contributed by atoms with Gasteiger partial charge in [0.05, 0.1) is 12.7 Å². The van der Waals surface area contributed by atoms with Gasteiger partial charge in [-0.05, 0) is 37.3 Å². The molecule has 2 nitrogen and oxygen atoms in total. The molecule has 1 aromatic carbocycles. The van der Waals surface area contributed by atoms with Crippen LogP contribution in [0.1, 0.15) is 24.8 Å². The molecular weight excluding hydrogens is 230 g/mol. The fourth-order valence-electron chi connectivity index (χ4n) is 2.74. The minimum absolute atomic E-state index is 0.267. The minimum atomic E-state index is 0.267. The van der Waals surface area contributed by atoms with Gasteiger partial charge < -0.3 is 10.5 Å². The lowest BCUT2D eigenvalue weighted by Gasteiger charge is -2.18. The van der Waals surface area contributed by atoms with Crippen molar-refractivity contribution in [2.24, 2.45) is 5.73 Å². The van der Waals surface area contributed by atoms with Crippen LogP contribution in [0.15, 0.2) is 29.2 Å². The molecular formula is C14H19NOS. The van der Waals surface area contributed by atoms with Gasteiger partial charge in [-0.2, -0.15) is 0 Å². The van der Waals surface area contributed by atoms with Crippen LogP contribution in [0.4, 0.5) is 0 Å². The first-order valence-electron chi connectivity index (χ1n) is 6.44. The fraction of sp³-hybridized carbons (Fsp3) is 0.571. The predicted octanol–water partition coefficient (Wildman–Crippen LogP) is 2.60. The second-order valence-electron chi connectivity index (χ2n) is 5.02. The quantitative estimate of drug-likeness (QED) is 0.894. The largest absolute Gasteiger partial charge is 0.375 e. The number of rotatable bonds is 3. The molecule has 0 bridgehead atoms. The van der Waals surface area contributed by atoms with E-state index in [4.69, 9.17) is 10.5 Å². The zero-order valence-electron chi connectivity index (χ0n) is 9.97. The molecule has 3 atom stereocenters. The summed E-state index contributed by atoms with van der Waals surface area (Å²) in [4.78, 5) is 1.43. The first-order valence-corrected chi connectivity index (χ1v) is 7.32. The van der Waals surface area contributed by atoms with Crippen molar-refractivity contribution in [3.63, 3.8) is 0 Å². The van der Waals surface area contributed by atoms with E-state index in [0.29, 0.717) is 11.4 Å². The highest BCUT2D eigenvalue weighted by molar-refractivity contribution is 8.00. The number of hydrogen-bond acceptors (Lipinski definition) is 3. The highest BCUT2D eigenvalue weighted by Crippen LogP contribution is 2.37. The van der Waals surface area contributed by atoms with Crippen LogP contribution in [0.2, 0.25) is 0 Å². The van der Waals surface area contributed by atoms with Crippen LogP contribution in [0.3, 0.4) is 0 Å². The molecule has 92 valence electrons. The molecule has 3 heteroatoms. The standard InChI is InChI=1S/C14H19NOS/c15-12-5-3-6-13(12)16-9-11-8-10-4-1-2-7-14(10)17-11/h1-2,4,7,11-13H,3,5-6,8-9,15H2. The van der Waals surface area contributed by atoms with E-state index in [1.807, 2.05) is 11.8 Å². The topological polar surface area (TPSA) is 35.2 Å². The van der Waals surface area contributed by atoms with E-state index in [0.717, 1.165) is 25.9 Å². The summed E-state index contributed by atoms with van der Waals surface area (Å²) in [7, 11) is 0. The first-order chi connectivity index (χ1) is 8.33. The summed E-state index contributed by atoms with van der Waals surface area (Å²) < 4.78 is 5.98. The fourth-order valence-corrected chi connectivity index (χ4v) is 3.97. The van der Waals surface area contributed by atoms with Crippen molar-refractivity contribution in [1.29, 1.82) is 0 Å². The van der Waals surface area contributed by atoms with E-state index in [2.05, 4.69) is 24.3 Å². The molecule has 2 aliphatic rings. The van der Waals surface area contributed by atoms with Crippen LogP contribution in [0.25, 0.3) is 0 Å². The van der Waals surface area contributed by atoms with Crippen molar-refractivity contribution in [2.75, 3.05) is 6.61 Å². The Morgan fingerprint density at radius 2 is 2.18 bits per heavy atom. The minimum Gasteiger partial charge on any atom is -0.375 e. The van der Waals surface area contributed by atoms with Gasteiger partial charge in [0.25, 0.3) is 0 Å². The monoisotopic (exact) mass is 249 g/mol. The maximum atomic E-state index is 6.02. The van der Waals surface area contributed by atoms with Crippen LogP contribution in [0, 0.1) is 0 Å². The van der Waals surface area contributed by atoms with E-state index in [1.54, 1.807) is 0 Å². The number of thioether (sulfide) groups is 1. The van der Waals surface area contributed by atoms with Crippen LogP contribution in [-0.4, -0.2) is 24.0 Å². The summed E-state index contributed by atoms with van der Waals surface area (Å²) in [5.41, 5.74) is 7.49. The smallest absolute Gasteiger partial charge is 0.0726 e. The molecule has 1 aliphatic carbocycles. The Morgan fingerprint density at radius 1 is 1.29 bits per heavy atom. The molecule has 3 unspecified atom stereocenters. The van der Waals surface area contributed by atoms with Gasteiger partial charge in [-0.3, -0.25) is 0 Å². The van der Waals surface area contributed by atoms with Gasteiger partial charge in [0, 0.05) is 16.2 Å². The third kappa shape index (κ3) is 2.51. The Bertz CT molecular complexity index is 371. The Morgan fingerprint density at radius 3 is 2.94 bits per heavy atom. The molecule has 1 heterocycles. The molecule has 3 rings (SSSR count). The number of hydrogen-bond donors (Lipinski definition) is 1. The normalized spacial score (nSPS) is 31.7. The van der Waals surface area contributed by atoms with Gasteiger partial charge in [-0.25, -0.2) is 0 Å². The number of ether oxygens (including phenoxy) is 1. The molecule has 0 spiro atoms. The SMILES string of the molecule is NC1CCCC1OCC1Cc2ccccc2S1. The average Bonchev–Trinajstić information content (AvgIpc) is 2.92. The number of benzene rings is 1. The van der Waals surface area contributed by atoms with Crippen LogP contribution < -0.4 is 5.73 Å². The molecule has 0 aromatic heterocycles. The maximum absolute atomic E-state index is 6.02. The maximum Gasteiger partial charge on any atom is 0.0726 e. The molecule has 0 radical (unpaired) electrons. The molecule has 0 amide bonds. The van der Waals surface area contributed by atoms with Crippen molar-refractivity contribution in [3.05, 3.63) is 29.8 Å². The van der Waals surface area contributed by atoms with E-state index >= 15 is 0 Å². The lowest BCUT2D eigenvalue weighted by molar-refractivity contribution is 0.0495. The molecule has 1 saturated carbocycles. The van der Waals surface area contributed by atoms with Crippen molar-refractivity contribution >= 4 is 11.8 Å². The third-order valence-corrected chi connectivity index (χ3v) is 5.00. The third-order valence-electron chi connectivity index (χ3n) is 3.71. The van der Waals surface area contributed by atoms with Gasteiger partial charge in [0.15, 0.2) is 0 Å². The second-order valence-corrected chi connectivity index (χ2v) is 6.36. The summed E-state index contributed by atoms with van der Waals surface area (Å²) in [5, 5.41) is 0.584.